The van der Waals surface area contributed by atoms with Crippen LogP contribution in [0, 0.1) is 0 Å². The van der Waals surface area contributed by atoms with Crippen molar-refractivity contribution in [1.29, 1.82) is 0 Å². The van der Waals surface area contributed by atoms with E-state index in [0.717, 1.165) is 60.7 Å². The van der Waals surface area contributed by atoms with Crippen LogP contribution in [0.2, 0.25) is 0 Å². The predicted octanol–water partition coefficient (Wildman–Crippen LogP) is 3.44. The highest BCUT2D eigenvalue weighted by Crippen LogP contribution is 2.28. The van der Waals surface area contributed by atoms with Gasteiger partial charge in [0.25, 0.3) is 0 Å². The summed E-state index contributed by atoms with van der Waals surface area (Å²) < 4.78 is 0. The van der Waals surface area contributed by atoms with E-state index in [1.54, 1.807) is 0 Å². The second-order valence-corrected chi connectivity index (χ2v) is 6.40. The number of fused-ring (bicyclic) bond motifs is 1. The summed E-state index contributed by atoms with van der Waals surface area (Å²) >= 11 is 0. The Balaban J connectivity index is 1.82. The molecule has 4 nitrogen and oxygen atoms in total. The molecule has 0 atom stereocenters. The first-order chi connectivity index (χ1) is 11.8. The van der Waals surface area contributed by atoms with Gasteiger partial charge in [0.2, 0.25) is 5.95 Å². The molecule has 4 heteroatoms. The van der Waals surface area contributed by atoms with Crippen LogP contribution in [0.3, 0.4) is 0 Å². The van der Waals surface area contributed by atoms with E-state index >= 15 is 0 Å². The first-order valence-corrected chi connectivity index (χ1v) is 8.57. The number of aromatic nitrogens is 2. The van der Waals surface area contributed by atoms with Gasteiger partial charge in [0.15, 0.2) is 0 Å². The summed E-state index contributed by atoms with van der Waals surface area (Å²) in [5.41, 5.74) is 3.18. The monoisotopic (exact) mass is 318 g/mol. The summed E-state index contributed by atoms with van der Waals surface area (Å²) in [6.45, 7) is 4.17. The Hall–Kier alpha value is -2.46. The Morgan fingerprint density at radius 1 is 0.792 bits per heavy atom. The molecule has 0 N–H and O–H groups in total. The molecule has 1 saturated heterocycles. The van der Waals surface area contributed by atoms with Crippen LogP contribution in [-0.4, -0.2) is 48.1 Å². The minimum atomic E-state index is 0.850. The van der Waals surface area contributed by atoms with Gasteiger partial charge in [-0.25, -0.2) is 9.97 Å². The van der Waals surface area contributed by atoms with Crippen molar-refractivity contribution in [2.75, 3.05) is 38.1 Å². The summed E-state index contributed by atoms with van der Waals surface area (Å²) in [6.07, 6.45) is 1.15. The third-order valence-electron chi connectivity index (χ3n) is 4.64. The van der Waals surface area contributed by atoms with Crippen LogP contribution >= 0.6 is 0 Å². The molecule has 3 aromatic rings. The van der Waals surface area contributed by atoms with Gasteiger partial charge < -0.3 is 9.80 Å². The lowest BCUT2D eigenvalue weighted by Crippen LogP contribution is -2.30. The molecule has 0 saturated carbocycles. The molecule has 0 unspecified atom stereocenters. The second kappa shape index (κ2) is 6.57. The van der Waals surface area contributed by atoms with Gasteiger partial charge in [-0.2, -0.15) is 0 Å². The van der Waals surface area contributed by atoms with Gasteiger partial charge in [-0.1, -0.05) is 48.5 Å². The van der Waals surface area contributed by atoms with E-state index < -0.39 is 0 Å². The van der Waals surface area contributed by atoms with Gasteiger partial charge in [-0.3, -0.25) is 0 Å². The molecule has 122 valence electrons. The summed E-state index contributed by atoms with van der Waals surface area (Å²) in [7, 11) is 2.18. The number of benzene rings is 2. The largest absolute Gasteiger partial charge is 0.339 e. The highest BCUT2D eigenvalue weighted by Gasteiger charge is 2.17. The molecule has 0 bridgehead atoms. The molecule has 1 aliphatic heterocycles. The minimum absolute atomic E-state index is 0.850. The molecule has 1 aliphatic rings. The average molecular weight is 318 g/mol. The minimum Gasteiger partial charge on any atom is -0.339 e. The quantitative estimate of drug-likeness (QED) is 0.724. The lowest BCUT2D eigenvalue weighted by molar-refractivity contribution is 0.360. The standard InChI is InChI=1S/C20H22N4/c1-23-12-7-13-24(15-14-23)20-21-18-11-6-5-10-17(18)19(22-20)16-8-3-2-4-9-16/h2-6,8-11H,7,12-15H2,1H3. The zero-order valence-corrected chi connectivity index (χ0v) is 14.0. The zero-order valence-electron chi connectivity index (χ0n) is 14.0. The molecule has 24 heavy (non-hydrogen) atoms. The molecule has 0 spiro atoms. The van der Waals surface area contributed by atoms with Crippen LogP contribution in [0.4, 0.5) is 5.95 Å². The lowest BCUT2D eigenvalue weighted by Gasteiger charge is -2.21. The number of likely N-dealkylation sites (N-methyl/N-ethyl adjacent to an activating group) is 1. The maximum absolute atomic E-state index is 4.96. The van der Waals surface area contributed by atoms with E-state index in [9.17, 15) is 0 Å². The van der Waals surface area contributed by atoms with E-state index in [1.807, 2.05) is 12.1 Å². The molecule has 4 rings (SSSR count). The molecule has 0 aliphatic carbocycles. The van der Waals surface area contributed by atoms with Crippen molar-refractivity contribution < 1.29 is 0 Å². The van der Waals surface area contributed by atoms with Gasteiger partial charge >= 0.3 is 0 Å². The molecular weight excluding hydrogens is 296 g/mol. The molecule has 0 amide bonds. The Kier molecular flexibility index (Phi) is 4.13. The smallest absolute Gasteiger partial charge is 0.226 e. The van der Waals surface area contributed by atoms with Crippen LogP contribution < -0.4 is 4.90 Å². The third-order valence-corrected chi connectivity index (χ3v) is 4.64. The van der Waals surface area contributed by atoms with Crippen molar-refractivity contribution >= 4 is 16.9 Å². The topological polar surface area (TPSA) is 32.3 Å². The van der Waals surface area contributed by atoms with Gasteiger partial charge in [0.1, 0.15) is 0 Å². The first kappa shape index (κ1) is 15.1. The Morgan fingerprint density at radius 3 is 2.46 bits per heavy atom. The first-order valence-electron chi connectivity index (χ1n) is 8.57. The van der Waals surface area contributed by atoms with Crippen molar-refractivity contribution in [3.63, 3.8) is 0 Å². The number of hydrogen-bond acceptors (Lipinski definition) is 4. The summed E-state index contributed by atoms with van der Waals surface area (Å²) in [6, 6.07) is 18.7. The van der Waals surface area contributed by atoms with Gasteiger partial charge in [0, 0.05) is 30.6 Å². The Labute approximate surface area is 142 Å². The number of rotatable bonds is 2. The van der Waals surface area contributed by atoms with E-state index in [1.165, 1.54) is 0 Å². The van der Waals surface area contributed by atoms with E-state index in [0.29, 0.717) is 0 Å². The highest BCUT2D eigenvalue weighted by molar-refractivity contribution is 5.93. The number of para-hydroxylation sites is 1. The number of anilines is 1. The van der Waals surface area contributed by atoms with E-state index in [2.05, 4.69) is 59.3 Å². The molecule has 0 radical (unpaired) electrons. The Bertz CT molecular complexity index is 831. The van der Waals surface area contributed by atoms with Crippen molar-refractivity contribution in [2.24, 2.45) is 0 Å². The molecule has 1 aromatic heterocycles. The molecule has 2 heterocycles. The zero-order chi connectivity index (χ0) is 16.4. The van der Waals surface area contributed by atoms with Crippen molar-refractivity contribution in [2.45, 2.75) is 6.42 Å². The van der Waals surface area contributed by atoms with Crippen molar-refractivity contribution in [1.82, 2.24) is 14.9 Å². The second-order valence-electron chi connectivity index (χ2n) is 6.40. The number of nitrogens with zero attached hydrogens (tertiary/aromatic N) is 4. The summed E-state index contributed by atoms with van der Waals surface area (Å²) in [5.74, 6) is 0.850. The Morgan fingerprint density at radius 2 is 1.58 bits per heavy atom. The fourth-order valence-corrected chi connectivity index (χ4v) is 3.27. The average Bonchev–Trinajstić information content (AvgIpc) is 2.86. The number of hydrogen-bond donors (Lipinski definition) is 0. The van der Waals surface area contributed by atoms with Gasteiger partial charge in [-0.05, 0) is 26.1 Å². The lowest BCUT2D eigenvalue weighted by atomic mass is 10.1. The van der Waals surface area contributed by atoms with Crippen LogP contribution in [0.25, 0.3) is 22.2 Å². The SMILES string of the molecule is CN1CCCN(c2nc(-c3ccccc3)c3ccccc3n2)CC1. The van der Waals surface area contributed by atoms with Crippen LogP contribution in [0.15, 0.2) is 54.6 Å². The predicted molar refractivity (Wildman–Crippen MR) is 99.3 cm³/mol. The molecule has 1 fully saturated rings. The summed E-state index contributed by atoms with van der Waals surface area (Å²) in [4.78, 5) is 14.5. The van der Waals surface area contributed by atoms with Gasteiger partial charge in [0.05, 0.1) is 11.2 Å². The van der Waals surface area contributed by atoms with Crippen molar-refractivity contribution in [3.05, 3.63) is 54.6 Å². The fourth-order valence-electron chi connectivity index (χ4n) is 3.27. The van der Waals surface area contributed by atoms with Crippen LogP contribution in [-0.2, 0) is 0 Å². The van der Waals surface area contributed by atoms with Gasteiger partial charge in [-0.15, -0.1) is 0 Å². The normalized spacial score (nSPS) is 16.3. The maximum atomic E-state index is 4.96. The van der Waals surface area contributed by atoms with Crippen LogP contribution in [0.5, 0.6) is 0 Å². The fraction of sp³-hybridized carbons (Fsp3) is 0.300. The molecule has 2 aromatic carbocycles. The summed E-state index contributed by atoms with van der Waals surface area (Å²) in [5, 5.41) is 1.11. The maximum Gasteiger partial charge on any atom is 0.226 e. The molecular formula is C20H22N4. The van der Waals surface area contributed by atoms with E-state index in [4.69, 9.17) is 9.97 Å². The highest BCUT2D eigenvalue weighted by atomic mass is 15.3. The van der Waals surface area contributed by atoms with Crippen molar-refractivity contribution in [3.8, 4) is 11.3 Å². The van der Waals surface area contributed by atoms with E-state index in [-0.39, 0.29) is 0 Å². The third kappa shape index (κ3) is 2.97. The van der Waals surface area contributed by atoms with Crippen LogP contribution in [0.1, 0.15) is 6.42 Å².